The van der Waals surface area contributed by atoms with Crippen molar-refractivity contribution in [3.63, 3.8) is 0 Å². The minimum Gasteiger partial charge on any atom is -0.439 e. The van der Waals surface area contributed by atoms with Crippen molar-refractivity contribution in [3.05, 3.63) is 35.4 Å². The van der Waals surface area contributed by atoms with Crippen molar-refractivity contribution in [1.29, 1.82) is 0 Å². The lowest BCUT2D eigenvalue weighted by atomic mass is 9.92. The molecule has 19 heavy (non-hydrogen) atoms. The van der Waals surface area contributed by atoms with Gasteiger partial charge in [-0.15, -0.1) is 0 Å². The normalized spacial score (nSPS) is 13.9. The largest absolute Gasteiger partial charge is 0.439 e. The molecule has 0 atom stereocenters. The summed E-state index contributed by atoms with van der Waals surface area (Å²) in [6.45, 7) is 0. The number of benzene rings is 1. The average molecular weight is 256 g/mol. The van der Waals surface area contributed by atoms with Crippen LogP contribution in [0.2, 0.25) is 0 Å². The van der Waals surface area contributed by atoms with Gasteiger partial charge in [-0.25, -0.2) is 0 Å². The van der Waals surface area contributed by atoms with Gasteiger partial charge in [0.1, 0.15) is 11.6 Å². The first-order chi connectivity index (χ1) is 9.20. The Labute approximate surface area is 111 Å². The number of aryl methyl sites for hydroxylation is 2. The van der Waals surface area contributed by atoms with Crippen LogP contribution in [0.25, 0.3) is 0 Å². The molecule has 5 nitrogen and oxygen atoms in total. The molecule has 1 heterocycles. The highest BCUT2D eigenvalue weighted by Crippen LogP contribution is 2.28. The molecule has 0 saturated carbocycles. The van der Waals surface area contributed by atoms with E-state index in [0.717, 1.165) is 18.6 Å². The van der Waals surface area contributed by atoms with E-state index in [9.17, 15) is 0 Å². The molecular formula is C14H16N4O. The Morgan fingerprint density at radius 3 is 2.53 bits per heavy atom. The number of fused-ring (bicyclic) bond motifs is 1. The van der Waals surface area contributed by atoms with E-state index in [1.54, 1.807) is 6.07 Å². The molecule has 0 amide bonds. The highest BCUT2D eigenvalue weighted by molar-refractivity contribution is 5.42. The van der Waals surface area contributed by atoms with E-state index < -0.39 is 0 Å². The molecule has 0 unspecified atom stereocenters. The van der Waals surface area contributed by atoms with Crippen molar-refractivity contribution < 1.29 is 4.74 Å². The van der Waals surface area contributed by atoms with E-state index in [1.807, 2.05) is 6.07 Å². The molecular weight excluding hydrogens is 240 g/mol. The summed E-state index contributed by atoms with van der Waals surface area (Å²) < 4.78 is 5.69. The van der Waals surface area contributed by atoms with Crippen LogP contribution >= 0.6 is 0 Å². The highest BCUT2D eigenvalue weighted by Gasteiger charge is 2.11. The molecule has 1 aromatic carbocycles. The van der Waals surface area contributed by atoms with E-state index in [2.05, 4.69) is 22.1 Å². The number of nitrogens with two attached hydrogens (primary N) is 2. The Morgan fingerprint density at radius 1 is 0.947 bits per heavy atom. The Balaban J connectivity index is 1.86. The lowest BCUT2D eigenvalue weighted by Crippen LogP contribution is -2.03. The summed E-state index contributed by atoms with van der Waals surface area (Å²) in [5, 5.41) is 0. The third-order valence-corrected chi connectivity index (χ3v) is 3.28. The predicted molar refractivity (Wildman–Crippen MR) is 74.0 cm³/mol. The summed E-state index contributed by atoms with van der Waals surface area (Å²) in [4.78, 5) is 7.82. The first-order valence-corrected chi connectivity index (χ1v) is 6.40. The molecule has 98 valence electrons. The Bertz CT molecular complexity index is 592. The average Bonchev–Trinajstić information content (AvgIpc) is 2.37. The predicted octanol–water partition coefficient (Wildman–Crippen LogP) is 2.31. The lowest BCUT2D eigenvalue weighted by molar-refractivity contribution is 0.461. The van der Waals surface area contributed by atoms with Gasteiger partial charge in [0.2, 0.25) is 11.8 Å². The SMILES string of the molecule is Nc1cc(Oc2ccc3c(c2)CCCC3)nc(N)n1. The molecule has 0 fully saturated rings. The zero-order chi connectivity index (χ0) is 13.2. The second kappa shape index (κ2) is 4.76. The Morgan fingerprint density at radius 2 is 1.74 bits per heavy atom. The van der Waals surface area contributed by atoms with Crippen LogP contribution in [0.3, 0.4) is 0 Å². The van der Waals surface area contributed by atoms with Crippen molar-refractivity contribution in [2.75, 3.05) is 11.5 Å². The minimum absolute atomic E-state index is 0.118. The molecule has 1 aliphatic rings. The van der Waals surface area contributed by atoms with Gasteiger partial charge in [-0.05, 0) is 48.9 Å². The van der Waals surface area contributed by atoms with Crippen LogP contribution in [0.1, 0.15) is 24.0 Å². The van der Waals surface area contributed by atoms with E-state index in [-0.39, 0.29) is 5.95 Å². The van der Waals surface area contributed by atoms with Gasteiger partial charge in [-0.3, -0.25) is 0 Å². The second-order valence-corrected chi connectivity index (χ2v) is 4.73. The van der Waals surface area contributed by atoms with Crippen LogP contribution in [0.15, 0.2) is 24.3 Å². The molecule has 3 rings (SSSR count). The molecule has 0 spiro atoms. The fraction of sp³-hybridized carbons (Fsp3) is 0.286. The molecule has 5 heteroatoms. The Kier molecular flexibility index (Phi) is 2.95. The highest BCUT2D eigenvalue weighted by atomic mass is 16.5. The molecule has 1 aliphatic carbocycles. The van der Waals surface area contributed by atoms with Gasteiger partial charge in [0.15, 0.2) is 0 Å². The lowest BCUT2D eigenvalue weighted by Gasteiger charge is -2.16. The maximum atomic E-state index is 5.69. The van der Waals surface area contributed by atoms with Crippen LogP contribution in [0.4, 0.5) is 11.8 Å². The molecule has 0 saturated heterocycles. The number of hydrogen-bond acceptors (Lipinski definition) is 5. The van der Waals surface area contributed by atoms with E-state index >= 15 is 0 Å². The van der Waals surface area contributed by atoms with Crippen molar-refractivity contribution in [3.8, 4) is 11.6 Å². The summed E-state index contributed by atoms with van der Waals surface area (Å²) in [5.74, 6) is 1.56. The number of ether oxygens (including phenoxy) is 1. The molecule has 1 aromatic heterocycles. The maximum absolute atomic E-state index is 5.69. The number of rotatable bonds is 2. The minimum atomic E-state index is 0.118. The summed E-state index contributed by atoms with van der Waals surface area (Å²) >= 11 is 0. The van der Waals surface area contributed by atoms with E-state index in [1.165, 1.54) is 24.0 Å². The van der Waals surface area contributed by atoms with Crippen LogP contribution in [0.5, 0.6) is 11.6 Å². The fourth-order valence-corrected chi connectivity index (χ4v) is 2.41. The van der Waals surface area contributed by atoms with Gasteiger partial charge in [0.25, 0.3) is 0 Å². The van der Waals surface area contributed by atoms with Gasteiger partial charge < -0.3 is 16.2 Å². The van der Waals surface area contributed by atoms with Crippen molar-refractivity contribution in [2.24, 2.45) is 0 Å². The number of anilines is 2. The smallest absolute Gasteiger partial charge is 0.226 e. The summed E-state index contributed by atoms with van der Waals surface area (Å²) in [5.41, 5.74) is 13.9. The van der Waals surface area contributed by atoms with Crippen LogP contribution in [-0.4, -0.2) is 9.97 Å². The molecule has 0 bridgehead atoms. The third-order valence-electron chi connectivity index (χ3n) is 3.28. The maximum Gasteiger partial charge on any atom is 0.226 e. The van der Waals surface area contributed by atoms with Gasteiger partial charge in [-0.2, -0.15) is 9.97 Å². The molecule has 4 N–H and O–H groups in total. The molecule has 0 aliphatic heterocycles. The quantitative estimate of drug-likeness (QED) is 0.861. The zero-order valence-electron chi connectivity index (χ0n) is 10.6. The Hall–Kier alpha value is -2.30. The van der Waals surface area contributed by atoms with Crippen molar-refractivity contribution in [2.45, 2.75) is 25.7 Å². The first kappa shape index (κ1) is 11.8. The first-order valence-electron chi connectivity index (χ1n) is 6.40. The number of nitrogens with zero attached hydrogens (tertiary/aromatic N) is 2. The number of nitrogen functional groups attached to an aromatic ring is 2. The topological polar surface area (TPSA) is 87.0 Å². The van der Waals surface area contributed by atoms with E-state index in [0.29, 0.717) is 11.7 Å². The third kappa shape index (κ3) is 2.59. The summed E-state index contributed by atoms with van der Waals surface area (Å²) in [6, 6.07) is 7.72. The fourth-order valence-electron chi connectivity index (χ4n) is 2.41. The van der Waals surface area contributed by atoms with Gasteiger partial charge >= 0.3 is 0 Å². The van der Waals surface area contributed by atoms with Crippen LogP contribution in [0, 0.1) is 0 Å². The number of hydrogen-bond donors (Lipinski definition) is 2. The van der Waals surface area contributed by atoms with E-state index in [4.69, 9.17) is 16.2 Å². The number of aromatic nitrogens is 2. The monoisotopic (exact) mass is 256 g/mol. The van der Waals surface area contributed by atoms with Crippen molar-refractivity contribution in [1.82, 2.24) is 9.97 Å². The standard InChI is InChI=1S/C14H16N4O/c15-12-8-13(18-14(16)17-12)19-11-6-5-9-3-1-2-4-10(9)7-11/h5-8H,1-4H2,(H4,15,16,17,18). The van der Waals surface area contributed by atoms with Crippen LogP contribution in [-0.2, 0) is 12.8 Å². The van der Waals surface area contributed by atoms with Crippen molar-refractivity contribution >= 4 is 11.8 Å². The summed E-state index contributed by atoms with van der Waals surface area (Å²) in [6.07, 6.45) is 4.78. The molecule has 2 aromatic rings. The second-order valence-electron chi connectivity index (χ2n) is 4.73. The van der Waals surface area contributed by atoms with Gasteiger partial charge in [0.05, 0.1) is 0 Å². The molecule has 0 radical (unpaired) electrons. The van der Waals surface area contributed by atoms with Gasteiger partial charge in [0, 0.05) is 6.07 Å². The summed E-state index contributed by atoms with van der Waals surface area (Å²) in [7, 11) is 0. The van der Waals surface area contributed by atoms with Crippen LogP contribution < -0.4 is 16.2 Å². The zero-order valence-corrected chi connectivity index (χ0v) is 10.6. The van der Waals surface area contributed by atoms with Gasteiger partial charge in [-0.1, -0.05) is 6.07 Å².